The number of carbonyl (C=O) groups excluding carboxylic acids is 1. The monoisotopic (exact) mass is 536 g/mol. The molecule has 35 heavy (non-hydrogen) atoms. The van der Waals surface area contributed by atoms with Gasteiger partial charge in [-0.25, -0.2) is 0 Å². The van der Waals surface area contributed by atoms with E-state index in [2.05, 4.69) is 67.0 Å². The highest BCUT2D eigenvalue weighted by atomic mass is 79.9. The average molecular weight is 538 g/mol. The molecule has 1 saturated carbocycles. The van der Waals surface area contributed by atoms with E-state index >= 15 is 0 Å². The molecule has 5 rings (SSSR count). The Labute approximate surface area is 220 Å². The highest BCUT2D eigenvalue weighted by molar-refractivity contribution is 9.10. The summed E-state index contributed by atoms with van der Waals surface area (Å²) in [5, 5.41) is 0. The van der Waals surface area contributed by atoms with Crippen molar-refractivity contribution in [3.63, 3.8) is 0 Å². The van der Waals surface area contributed by atoms with E-state index in [0.29, 0.717) is 11.8 Å². The Kier molecular flexibility index (Phi) is 7.72. The van der Waals surface area contributed by atoms with Crippen molar-refractivity contribution in [2.24, 2.45) is 23.7 Å². The standard InChI is InChI=1S/C32H41BrO2/c1-20-8-6-9-23(15-14-20)19-28-27-17-16-26-21(2)18-25(22(3)30(26)31(27)35-32(28)34)12-7-11-24-10-4-5-13-29(24)33/h4-5,10,13,18,20,23,27-28,31H,6-9,11-12,14-17,19H2,1-3H3. The van der Waals surface area contributed by atoms with E-state index in [4.69, 9.17) is 4.74 Å². The largest absolute Gasteiger partial charge is 0.457 e. The molecule has 2 aliphatic carbocycles. The van der Waals surface area contributed by atoms with E-state index in [9.17, 15) is 4.79 Å². The number of fused-ring (bicyclic) bond motifs is 3. The number of aryl methyl sites for hydroxylation is 3. The van der Waals surface area contributed by atoms with Gasteiger partial charge in [0.15, 0.2) is 0 Å². The van der Waals surface area contributed by atoms with Crippen LogP contribution in [0.2, 0.25) is 0 Å². The summed E-state index contributed by atoms with van der Waals surface area (Å²) in [5.74, 6) is 2.09. The molecule has 0 bridgehead atoms. The third-order valence-electron chi connectivity index (χ3n) is 9.36. The number of halogens is 1. The van der Waals surface area contributed by atoms with Crippen LogP contribution in [0.1, 0.15) is 97.8 Å². The quantitative estimate of drug-likeness (QED) is 0.272. The maximum atomic E-state index is 13.2. The summed E-state index contributed by atoms with van der Waals surface area (Å²) in [6, 6.07) is 11.0. The number of rotatable bonds is 6. The molecule has 5 atom stereocenters. The normalized spacial score (nSPS) is 28.2. The SMILES string of the molecule is Cc1cc(CCCc2ccccc2Br)c(C)c2c1CCC1C(CC3CCCC(C)CC3)C(=O)OC21. The van der Waals surface area contributed by atoms with Gasteiger partial charge in [-0.05, 0) is 104 Å². The fraction of sp³-hybridized carbons (Fsp3) is 0.594. The van der Waals surface area contributed by atoms with Crippen LogP contribution in [0.4, 0.5) is 0 Å². The number of esters is 1. The van der Waals surface area contributed by atoms with Crippen LogP contribution in [0.5, 0.6) is 0 Å². The molecule has 0 amide bonds. The zero-order valence-corrected chi connectivity index (χ0v) is 23.3. The van der Waals surface area contributed by atoms with E-state index in [1.165, 1.54) is 70.0 Å². The molecule has 0 aromatic heterocycles. The van der Waals surface area contributed by atoms with Gasteiger partial charge in [-0.2, -0.15) is 0 Å². The summed E-state index contributed by atoms with van der Waals surface area (Å²) in [6.45, 7) is 6.93. The molecule has 2 aromatic rings. The molecule has 0 spiro atoms. The highest BCUT2D eigenvalue weighted by Gasteiger charge is 2.48. The Morgan fingerprint density at radius 3 is 2.63 bits per heavy atom. The molecule has 2 aromatic carbocycles. The second-order valence-electron chi connectivity index (χ2n) is 11.7. The second kappa shape index (κ2) is 10.8. The van der Waals surface area contributed by atoms with Crippen LogP contribution in [-0.2, 0) is 28.8 Å². The minimum atomic E-state index is -0.0251. The van der Waals surface area contributed by atoms with Gasteiger partial charge in [0.1, 0.15) is 6.10 Å². The molecule has 0 N–H and O–H groups in total. The van der Waals surface area contributed by atoms with Crippen molar-refractivity contribution in [3.05, 3.63) is 68.2 Å². The topological polar surface area (TPSA) is 26.3 Å². The van der Waals surface area contributed by atoms with Crippen molar-refractivity contribution in [1.29, 1.82) is 0 Å². The third kappa shape index (κ3) is 5.26. The fourth-order valence-corrected chi connectivity index (χ4v) is 7.75. The summed E-state index contributed by atoms with van der Waals surface area (Å²) in [4.78, 5) is 13.2. The van der Waals surface area contributed by atoms with Gasteiger partial charge in [-0.1, -0.05) is 79.2 Å². The average Bonchev–Trinajstić information content (AvgIpc) is 3.00. The van der Waals surface area contributed by atoms with Crippen molar-refractivity contribution in [3.8, 4) is 0 Å². The minimum Gasteiger partial charge on any atom is -0.457 e. The molecule has 2 fully saturated rings. The smallest absolute Gasteiger partial charge is 0.310 e. The zero-order valence-electron chi connectivity index (χ0n) is 21.7. The fourth-order valence-electron chi connectivity index (χ4n) is 7.27. The van der Waals surface area contributed by atoms with E-state index < -0.39 is 0 Å². The van der Waals surface area contributed by atoms with Crippen LogP contribution in [-0.4, -0.2) is 5.97 Å². The number of ether oxygens (including phenoxy) is 1. The van der Waals surface area contributed by atoms with Gasteiger partial charge in [-0.15, -0.1) is 0 Å². The predicted octanol–water partition coefficient (Wildman–Crippen LogP) is 8.62. The first-order chi connectivity index (χ1) is 16.9. The molecule has 1 heterocycles. The Hall–Kier alpha value is -1.61. The summed E-state index contributed by atoms with van der Waals surface area (Å²) in [7, 11) is 0. The molecular formula is C32H41BrO2. The maximum Gasteiger partial charge on any atom is 0.310 e. The summed E-state index contributed by atoms with van der Waals surface area (Å²) in [5.41, 5.74) is 8.39. The number of hydrogen-bond donors (Lipinski definition) is 0. The van der Waals surface area contributed by atoms with Crippen LogP contribution in [0.3, 0.4) is 0 Å². The molecule has 3 aliphatic rings. The lowest BCUT2D eigenvalue weighted by Gasteiger charge is -2.32. The van der Waals surface area contributed by atoms with E-state index in [1.54, 1.807) is 0 Å². The molecule has 3 heteroatoms. The van der Waals surface area contributed by atoms with Gasteiger partial charge in [-0.3, -0.25) is 4.79 Å². The molecule has 1 saturated heterocycles. The van der Waals surface area contributed by atoms with Crippen LogP contribution >= 0.6 is 15.9 Å². The van der Waals surface area contributed by atoms with Gasteiger partial charge in [0.05, 0.1) is 5.92 Å². The van der Waals surface area contributed by atoms with Gasteiger partial charge < -0.3 is 4.74 Å². The summed E-state index contributed by atoms with van der Waals surface area (Å²) < 4.78 is 7.44. The molecular weight excluding hydrogens is 496 g/mol. The third-order valence-corrected chi connectivity index (χ3v) is 10.1. The second-order valence-corrected chi connectivity index (χ2v) is 12.6. The first-order valence-electron chi connectivity index (χ1n) is 14.0. The Morgan fingerprint density at radius 2 is 1.80 bits per heavy atom. The van der Waals surface area contributed by atoms with Crippen molar-refractivity contribution >= 4 is 21.9 Å². The van der Waals surface area contributed by atoms with Crippen molar-refractivity contribution in [2.75, 3.05) is 0 Å². The number of benzene rings is 2. The first-order valence-corrected chi connectivity index (χ1v) is 14.8. The molecule has 5 unspecified atom stereocenters. The van der Waals surface area contributed by atoms with Crippen molar-refractivity contribution in [2.45, 2.75) is 97.5 Å². The molecule has 2 nitrogen and oxygen atoms in total. The molecule has 0 radical (unpaired) electrons. The van der Waals surface area contributed by atoms with Gasteiger partial charge in [0, 0.05) is 10.4 Å². The first kappa shape index (κ1) is 25.1. The van der Waals surface area contributed by atoms with Crippen molar-refractivity contribution in [1.82, 2.24) is 0 Å². The Morgan fingerprint density at radius 1 is 1.00 bits per heavy atom. The number of carbonyl (C=O) groups is 1. The van der Waals surface area contributed by atoms with Gasteiger partial charge >= 0.3 is 5.97 Å². The Balaban J connectivity index is 1.33. The summed E-state index contributed by atoms with van der Waals surface area (Å²) in [6.07, 6.45) is 13.1. The van der Waals surface area contributed by atoms with Crippen molar-refractivity contribution < 1.29 is 9.53 Å². The van der Waals surface area contributed by atoms with E-state index in [-0.39, 0.29) is 18.0 Å². The van der Waals surface area contributed by atoms with Gasteiger partial charge in [0.25, 0.3) is 0 Å². The van der Waals surface area contributed by atoms with Gasteiger partial charge in [0.2, 0.25) is 0 Å². The minimum absolute atomic E-state index is 0.0251. The van der Waals surface area contributed by atoms with Crippen LogP contribution < -0.4 is 0 Å². The predicted molar refractivity (Wildman–Crippen MR) is 147 cm³/mol. The lowest BCUT2D eigenvalue weighted by Crippen LogP contribution is -2.25. The maximum absolute atomic E-state index is 13.2. The Bertz CT molecular complexity index is 1070. The van der Waals surface area contributed by atoms with Crippen LogP contribution in [0, 0.1) is 37.5 Å². The molecule has 1 aliphatic heterocycles. The highest BCUT2D eigenvalue weighted by Crippen LogP contribution is 2.51. The zero-order chi connectivity index (χ0) is 24.5. The summed E-state index contributed by atoms with van der Waals surface area (Å²) >= 11 is 3.69. The van der Waals surface area contributed by atoms with Crippen LogP contribution in [0.15, 0.2) is 34.8 Å². The van der Waals surface area contributed by atoms with E-state index in [1.807, 2.05) is 0 Å². The lowest BCUT2D eigenvalue weighted by atomic mass is 9.71. The lowest BCUT2D eigenvalue weighted by molar-refractivity contribution is -0.145. The number of hydrogen-bond acceptors (Lipinski definition) is 2. The van der Waals surface area contributed by atoms with Crippen LogP contribution in [0.25, 0.3) is 0 Å². The molecule has 188 valence electrons. The van der Waals surface area contributed by atoms with E-state index in [0.717, 1.165) is 44.4 Å².